The molecule has 0 amide bonds. The van der Waals surface area contributed by atoms with Crippen molar-refractivity contribution in [2.24, 2.45) is 0 Å². The van der Waals surface area contributed by atoms with Crippen LogP contribution in [0.4, 0.5) is 0 Å². The summed E-state index contributed by atoms with van der Waals surface area (Å²) in [6.45, 7) is 2.81. The van der Waals surface area contributed by atoms with Gasteiger partial charge in [0.15, 0.2) is 0 Å². The molecule has 2 aromatic carbocycles. The molecule has 1 spiro atoms. The summed E-state index contributed by atoms with van der Waals surface area (Å²) in [5.74, 6) is 1.34. The van der Waals surface area contributed by atoms with Crippen molar-refractivity contribution in [3.8, 4) is 11.5 Å². The first-order valence-corrected chi connectivity index (χ1v) is 10.8. The predicted octanol–water partition coefficient (Wildman–Crippen LogP) is 3.55. The normalized spacial score (nSPS) is 19.3. The lowest BCUT2D eigenvalue weighted by atomic mass is 9.84. The first-order chi connectivity index (χ1) is 12.9. The van der Waals surface area contributed by atoms with Crippen LogP contribution in [0.15, 0.2) is 47.4 Å². The second-order valence-corrected chi connectivity index (χ2v) is 9.36. The van der Waals surface area contributed by atoms with Crippen molar-refractivity contribution in [2.45, 2.75) is 43.1 Å². The van der Waals surface area contributed by atoms with E-state index in [1.54, 1.807) is 16.4 Å². The van der Waals surface area contributed by atoms with E-state index in [2.05, 4.69) is 6.07 Å². The Morgan fingerprint density at radius 2 is 1.81 bits per heavy atom. The van der Waals surface area contributed by atoms with Gasteiger partial charge in [0.25, 0.3) is 0 Å². The predicted molar refractivity (Wildman–Crippen MR) is 104 cm³/mol. The second kappa shape index (κ2) is 6.84. The number of rotatable bonds is 3. The molecule has 0 atom stereocenters. The van der Waals surface area contributed by atoms with Crippen LogP contribution in [-0.2, 0) is 16.4 Å². The fraction of sp³-hybridized carbons (Fsp3) is 0.429. The number of methoxy groups -OCH3 is 1. The highest BCUT2D eigenvalue weighted by atomic mass is 32.2. The van der Waals surface area contributed by atoms with E-state index < -0.39 is 10.0 Å². The molecule has 2 aliphatic rings. The van der Waals surface area contributed by atoms with Crippen LogP contribution in [0.2, 0.25) is 0 Å². The van der Waals surface area contributed by atoms with Gasteiger partial charge in [-0.25, -0.2) is 8.42 Å². The van der Waals surface area contributed by atoms with Gasteiger partial charge < -0.3 is 9.47 Å². The average molecular weight is 388 g/mol. The Labute approximate surface area is 161 Å². The average Bonchev–Trinajstić information content (AvgIpc) is 2.68. The number of sulfonamides is 1. The highest BCUT2D eigenvalue weighted by Gasteiger charge is 2.42. The lowest BCUT2D eigenvalue weighted by molar-refractivity contribution is 0.00179. The maximum Gasteiger partial charge on any atom is 0.246 e. The molecule has 2 aromatic rings. The number of aryl methyl sites for hydroxylation is 2. The van der Waals surface area contributed by atoms with Crippen LogP contribution in [0.25, 0.3) is 0 Å². The van der Waals surface area contributed by atoms with E-state index in [0.717, 1.165) is 24.2 Å². The van der Waals surface area contributed by atoms with E-state index in [4.69, 9.17) is 9.47 Å². The van der Waals surface area contributed by atoms with E-state index >= 15 is 0 Å². The monoisotopic (exact) mass is 387 g/mol. The third-order valence-corrected chi connectivity index (χ3v) is 7.64. The molecule has 6 heteroatoms. The van der Waals surface area contributed by atoms with Gasteiger partial charge in [-0.3, -0.25) is 0 Å². The van der Waals surface area contributed by atoms with Gasteiger partial charge in [0.05, 0.1) is 7.11 Å². The summed E-state index contributed by atoms with van der Waals surface area (Å²) in [7, 11) is -2.09. The molecule has 1 fully saturated rings. The summed E-state index contributed by atoms with van der Waals surface area (Å²) in [5, 5.41) is 0. The lowest BCUT2D eigenvalue weighted by Gasteiger charge is -2.44. The number of benzene rings is 2. The zero-order valence-corrected chi connectivity index (χ0v) is 16.6. The Bertz CT molecular complexity index is 946. The highest BCUT2D eigenvalue weighted by molar-refractivity contribution is 7.89. The number of nitrogens with zero attached hydrogens (tertiary/aromatic N) is 1. The zero-order valence-electron chi connectivity index (χ0n) is 15.8. The molecule has 4 rings (SSSR count). The molecule has 27 heavy (non-hydrogen) atoms. The zero-order chi connectivity index (χ0) is 19.1. The van der Waals surface area contributed by atoms with Gasteiger partial charge >= 0.3 is 0 Å². The second-order valence-electron chi connectivity index (χ2n) is 7.45. The Morgan fingerprint density at radius 1 is 1.07 bits per heavy atom. The summed E-state index contributed by atoms with van der Waals surface area (Å²) < 4.78 is 39.6. The van der Waals surface area contributed by atoms with Crippen molar-refractivity contribution >= 4 is 10.0 Å². The third kappa shape index (κ3) is 3.32. The van der Waals surface area contributed by atoms with Gasteiger partial charge in [-0.15, -0.1) is 0 Å². The van der Waals surface area contributed by atoms with Crippen LogP contribution in [0.1, 0.15) is 30.4 Å². The Balaban J connectivity index is 1.54. The Morgan fingerprint density at radius 3 is 2.56 bits per heavy atom. The van der Waals surface area contributed by atoms with Crippen molar-refractivity contribution in [1.29, 1.82) is 0 Å². The summed E-state index contributed by atoms with van der Waals surface area (Å²) in [6.07, 6.45) is 3.32. The van der Waals surface area contributed by atoms with Crippen LogP contribution >= 0.6 is 0 Å². The number of fused-ring (bicyclic) bond motifs is 1. The molecule has 0 radical (unpaired) electrons. The van der Waals surface area contributed by atoms with Crippen LogP contribution in [-0.4, -0.2) is 38.5 Å². The van der Waals surface area contributed by atoms with E-state index in [1.165, 1.54) is 12.7 Å². The summed E-state index contributed by atoms with van der Waals surface area (Å²) in [5.41, 5.74) is 1.88. The summed E-state index contributed by atoms with van der Waals surface area (Å²) >= 11 is 0. The molecule has 5 nitrogen and oxygen atoms in total. The van der Waals surface area contributed by atoms with Gasteiger partial charge in [0, 0.05) is 25.9 Å². The lowest BCUT2D eigenvalue weighted by Crippen LogP contribution is -2.51. The van der Waals surface area contributed by atoms with Crippen molar-refractivity contribution < 1.29 is 17.9 Å². The number of para-hydroxylation sites is 1. The molecule has 1 saturated heterocycles. The molecular formula is C21H25NO4S. The maximum atomic E-state index is 13.2. The fourth-order valence-electron chi connectivity index (χ4n) is 4.07. The highest BCUT2D eigenvalue weighted by Crippen LogP contribution is 2.40. The van der Waals surface area contributed by atoms with Crippen molar-refractivity contribution in [2.75, 3.05) is 20.2 Å². The number of piperidine rings is 1. The van der Waals surface area contributed by atoms with Crippen molar-refractivity contribution in [3.05, 3.63) is 53.6 Å². The summed E-state index contributed by atoms with van der Waals surface area (Å²) in [4.78, 5) is 0.246. The number of hydrogen-bond acceptors (Lipinski definition) is 4. The molecule has 144 valence electrons. The smallest absolute Gasteiger partial charge is 0.246 e. The third-order valence-electron chi connectivity index (χ3n) is 5.72. The molecule has 0 aromatic heterocycles. The van der Waals surface area contributed by atoms with Crippen LogP contribution in [0, 0.1) is 6.92 Å². The van der Waals surface area contributed by atoms with Crippen LogP contribution in [0.5, 0.6) is 11.5 Å². The maximum absolute atomic E-state index is 13.2. The van der Waals surface area contributed by atoms with Crippen molar-refractivity contribution in [1.82, 2.24) is 4.31 Å². The van der Waals surface area contributed by atoms with E-state index in [1.807, 2.05) is 31.2 Å². The van der Waals surface area contributed by atoms with E-state index in [-0.39, 0.29) is 10.5 Å². The van der Waals surface area contributed by atoms with Crippen LogP contribution < -0.4 is 9.47 Å². The molecule has 0 aliphatic carbocycles. The molecule has 0 bridgehead atoms. The molecule has 0 N–H and O–H groups in total. The minimum absolute atomic E-state index is 0.246. The Kier molecular flexibility index (Phi) is 4.64. The molecule has 2 heterocycles. The largest absolute Gasteiger partial charge is 0.495 e. The molecule has 0 saturated carbocycles. The Hall–Kier alpha value is -2.05. The molecular weight excluding hydrogens is 362 g/mol. The van der Waals surface area contributed by atoms with Gasteiger partial charge in [0.2, 0.25) is 10.0 Å². The first kappa shape index (κ1) is 18.3. The number of hydrogen-bond donors (Lipinski definition) is 0. The van der Waals surface area contributed by atoms with Crippen molar-refractivity contribution in [3.63, 3.8) is 0 Å². The van der Waals surface area contributed by atoms with E-state index in [0.29, 0.717) is 31.7 Å². The standard InChI is InChI=1S/C21H25NO4S/c1-16-7-8-19(25-2)20(15-16)27(23,24)22-13-11-21(12-14-22)10-9-17-5-3-4-6-18(17)26-21/h3-8,15H,9-14H2,1-2H3. The summed E-state index contributed by atoms with van der Waals surface area (Å²) in [6, 6.07) is 13.4. The van der Waals surface area contributed by atoms with Gasteiger partial charge in [-0.05, 0) is 49.1 Å². The van der Waals surface area contributed by atoms with Crippen LogP contribution in [0.3, 0.4) is 0 Å². The minimum Gasteiger partial charge on any atom is -0.495 e. The minimum atomic E-state index is -3.59. The molecule has 2 aliphatic heterocycles. The quantitative estimate of drug-likeness (QED) is 0.808. The van der Waals surface area contributed by atoms with Gasteiger partial charge in [-0.2, -0.15) is 4.31 Å². The SMILES string of the molecule is COc1ccc(C)cc1S(=O)(=O)N1CCC2(CCc3ccccc3O2)CC1. The molecule has 0 unspecified atom stereocenters. The fourth-order valence-corrected chi connectivity index (χ4v) is 5.75. The van der Waals surface area contributed by atoms with Gasteiger partial charge in [0.1, 0.15) is 22.0 Å². The number of ether oxygens (including phenoxy) is 2. The van der Waals surface area contributed by atoms with Gasteiger partial charge in [-0.1, -0.05) is 24.3 Å². The topological polar surface area (TPSA) is 55.8 Å². The van der Waals surface area contributed by atoms with E-state index in [9.17, 15) is 8.42 Å². The first-order valence-electron chi connectivity index (χ1n) is 9.35.